The van der Waals surface area contributed by atoms with Crippen LogP contribution in [0.2, 0.25) is 0 Å². The molecule has 0 radical (unpaired) electrons. The third-order valence-electron chi connectivity index (χ3n) is 4.10. The SMILES string of the molecule is CC1(C)COCCN1CC1Cc2ccccc2N1. The Morgan fingerprint density at radius 1 is 1.39 bits per heavy atom. The van der Waals surface area contributed by atoms with Crippen LogP contribution in [0.3, 0.4) is 0 Å². The number of morpholine rings is 1. The monoisotopic (exact) mass is 246 g/mol. The molecular weight excluding hydrogens is 224 g/mol. The topological polar surface area (TPSA) is 24.5 Å². The summed E-state index contributed by atoms with van der Waals surface area (Å²) in [6.45, 7) is 8.39. The highest BCUT2D eigenvalue weighted by molar-refractivity contribution is 5.56. The number of nitrogens with one attached hydrogen (secondary N) is 1. The Morgan fingerprint density at radius 3 is 3.00 bits per heavy atom. The number of anilines is 1. The van der Waals surface area contributed by atoms with Gasteiger partial charge in [0.15, 0.2) is 0 Å². The average molecular weight is 246 g/mol. The van der Waals surface area contributed by atoms with Crippen molar-refractivity contribution in [3.63, 3.8) is 0 Å². The van der Waals surface area contributed by atoms with Crippen molar-refractivity contribution in [2.24, 2.45) is 0 Å². The molecule has 0 saturated carbocycles. The van der Waals surface area contributed by atoms with Crippen LogP contribution >= 0.6 is 0 Å². The van der Waals surface area contributed by atoms with E-state index in [1.54, 1.807) is 0 Å². The van der Waals surface area contributed by atoms with Crippen molar-refractivity contribution >= 4 is 5.69 Å². The van der Waals surface area contributed by atoms with E-state index < -0.39 is 0 Å². The first-order valence-corrected chi connectivity index (χ1v) is 6.82. The zero-order chi connectivity index (χ0) is 12.6. The van der Waals surface area contributed by atoms with Crippen LogP contribution < -0.4 is 5.32 Å². The Morgan fingerprint density at radius 2 is 2.22 bits per heavy atom. The minimum Gasteiger partial charge on any atom is -0.380 e. The molecule has 3 heteroatoms. The lowest BCUT2D eigenvalue weighted by atomic mass is 10.0. The number of benzene rings is 1. The van der Waals surface area contributed by atoms with Crippen molar-refractivity contribution in [2.45, 2.75) is 31.8 Å². The van der Waals surface area contributed by atoms with E-state index in [4.69, 9.17) is 4.74 Å². The summed E-state index contributed by atoms with van der Waals surface area (Å²) in [6.07, 6.45) is 1.14. The number of rotatable bonds is 2. The van der Waals surface area contributed by atoms with E-state index in [1.807, 2.05) is 0 Å². The lowest BCUT2D eigenvalue weighted by Crippen LogP contribution is -2.55. The van der Waals surface area contributed by atoms with E-state index in [0.717, 1.165) is 32.7 Å². The normalized spacial score (nSPS) is 26.7. The van der Waals surface area contributed by atoms with Crippen LogP contribution in [0.5, 0.6) is 0 Å². The molecule has 3 nitrogen and oxygen atoms in total. The van der Waals surface area contributed by atoms with E-state index in [-0.39, 0.29) is 5.54 Å². The summed E-state index contributed by atoms with van der Waals surface area (Å²) in [5.41, 5.74) is 2.93. The van der Waals surface area contributed by atoms with E-state index >= 15 is 0 Å². The Labute approximate surface area is 109 Å². The fraction of sp³-hybridized carbons (Fsp3) is 0.600. The van der Waals surface area contributed by atoms with Gasteiger partial charge in [0, 0.05) is 30.4 Å². The molecule has 0 amide bonds. The standard InChI is InChI=1S/C15H22N2O/c1-15(2)11-18-8-7-17(15)10-13-9-12-5-3-4-6-14(12)16-13/h3-6,13,16H,7-11H2,1-2H3. The fourth-order valence-electron chi connectivity index (χ4n) is 2.98. The largest absolute Gasteiger partial charge is 0.380 e. The molecule has 1 atom stereocenters. The Balaban J connectivity index is 1.65. The maximum absolute atomic E-state index is 5.58. The second-order valence-electron chi connectivity index (χ2n) is 6.01. The van der Waals surface area contributed by atoms with Gasteiger partial charge in [-0.05, 0) is 31.9 Å². The van der Waals surface area contributed by atoms with Crippen LogP contribution in [0.1, 0.15) is 19.4 Å². The summed E-state index contributed by atoms with van der Waals surface area (Å²) in [4.78, 5) is 2.56. The lowest BCUT2D eigenvalue weighted by Gasteiger charge is -2.43. The first kappa shape index (κ1) is 12.0. The first-order chi connectivity index (χ1) is 8.65. The van der Waals surface area contributed by atoms with Crippen molar-refractivity contribution < 1.29 is 4.74 Å². The molecule has 0 aromatic heterocycles. The van der Waals surface area contributed by atoms with Crippen molar-refractivity contribution in [2.75, 3.05) is 31.6 Å². The Hall–Kier alpha value is -1.06. The molecule has 1 unspecified atom stereocenters. The Kier molecular flexibility index (Phi) is 3.04. The first-order valence-electron chi connectivity index (χ1n) is 6.82. The zero-order valence-electron chi connectivity index (χ0n) is 11.3. The summed E-state index contributed by atoms with van der Waals surface area (Å²) < 4.78 is 5.58. The molecule has 2 aliphatic rings. The van der Waals surface area contributed by atoms with Gasteiger partial charge in [0.1, 0.15) is 0 Å². The number of hydrogen-bond acceptors (Lipinski definition) is 3. The quantitative estimate of drug-likeness (QED) is 0.865. The summed E-state index contributed by atoms with van der Waals surface area (Å²) in [7, 11) is 0. The number of hydrogen-bond donors (Lipinski definition) is 1. The van der Waals surface area contributed by atoms with E-state index in [0.29, 0.717) is 6.04 Å². The minimum absolute atomic E-state index is 0.161. The van der Waals surface area contributed by atoms with Gasteiger partial charge < -0.3 is 10.1 Å². The van der Waals surface area contributed by atoms with Gasteiger partial charge in [-0.3, -0.25) is 4.90 Å². The summed E-state index contributed by atoms with van der Waals surface area (Å²) in [6, 6.07) is 9.18. The van der Waals surface area contributed by atoms with Crippen LogP contribution in [-0.4, -0.2) is 42.8 Å². The smallest absolute Gasteiger partial charge is 0.0645 e. The van der Waals surface area contributed by atoms with Crippen molar-refractivity contribution in [3.8, 4) is 0 Å². The number of ether oxygens (including phenoxy) is 1. The molecule has 3 rings (SSSR count). The maximum atomic E-state index is 5.58. The van der Waals surface area contributed by atoms with Crippen molar-refractivity contribution in [3.05, 3.63) is 29.8 Å². The molecule has 1 saturated heterocycles. The Bertz CT molecular complexity index is 405. The molecule has 1 fully saturated rings. The minimum atomic E-state index is 0.161. The van der Waals surface area contributed by atoms with Gasteiger partial charge in [0.2, 0.25) is 0 Å². The highest BCUT2D eigenvalue weighted by Crippen LogP contribution is 2.27. The van der Waals surface area contributed by atoms with Gasteiger partial charge in [0.05, 0.1) is 13.2 Å². The van der Waals surface area contributed by atoms with Crippen LogP contribution in [0.25, 0.3) is 0 Å². The van der Waals surface area contributed by atoms with Gasteiger partial charge in [-0.15, -0.1) is 0 Å². The lowest BCUT2D eigenvalue weighted by molar-refractivity contribution is -0.0520. The molecule has 1 N–H and O–H groups in total. The predicted molar refractivity (Wildman–Crippen MR) is 74.0 cm³/mol. The third kappa shape index (κ3) is 2.25. The second-order valence-corrected chi connectivity index (χ2v) is 6.01. The average Bonchev–Trinajstić information content (AvgIpc) is 2.74. The van der Waals surface area contributed by atoms with Gasteiger partial charge in [-0.25, -0.2) is 0 Å². The molecule has 0 spiro atoms. The summed E-state index contributed by atoms with van der Waals surface area (Å²) in [5, 5.41) is 3.64. The highest BCUT2D eigenvalue weighted by Gasteiger charge is 2.33. The highest BCUT2D eigenvalue weighted by atomic mass is 16.5. The van der Waals surface area contributed by atoms with Gasteiger partial charge in [0.25, 0.3) is 0 Å². The molecule has 0 aliphatic carbocycles. The van der Waals surface area contributed by atoms with E-state index in [9.17, 15) is 0 Å². The number of nitrogens with zero attached hydrogens (tertiary/aromatic N) is 1. The van der Waals surface area contributed by atoms with Gasteiger partial charge in [-0.1, -0.05) is 18.2 Å². The number of fused-ring (bicyclic) bond motifs is 1. The van der Waals surface area contributed by atoms with Crippen LogP contribution in [0.15, 0.2) is 24.3 Å². The summed E-state index contributed by atoms with van der Waals surface area (Å²) >= 11 is 0. The van der Waals surface area contributed by atoms with E-state index in [2.05, 4.69) is 48.3 Å². The van der Waals surface area contributed by atoms with E-state index in [1.165, 1.54) is 11.3 Å². The molecule has 1 aromatic carbocycles. The van der Waals surface area contributed by atoms with Crippen LogP contribution in [-0.2, 0) is 11.2 Å². The summed E-state index contributed by atoms with van der Waals surface area (Å²) in [5.74, 6) is 0. The van der Waals surface area contributed by atoms with Gasteiger partial charge >= 0.3 is 0 Å². The molecule has 0 bridgehead atoms. The van der Waals surface area contributed by atoms with Crippen LogP contribution in [0, 0.1) is 0 Å². The third-order valence-corrected chi connectivity index (χ3v) is 4.10. The molecule has 2 aliphatic heterocycles. The number of para-hydroxylation sites is 1. The molecule has 18 heavy (non-hydrogen) atoms. The van der Waals surface area contributed by atoms with Gasteiger partial charge in [-0.2, -0.15) is 0 Å². The predicted octanol–water partition coefficient (Wildman–Crippen LogP) is 2.13. The molecule has 98 valence electrons. The molecular formula is C15H22N2O. The zero-order valence-corrected chi connectivity index (χ0v) is 11.3. The second kappa shape index (κ2) is 4.56. The van der Waals surface area contributed by atoms with Crippen LogP contribution in [0.4, 0.5) is 5.69 Å². The van der Waals surface area contributed by atoms with Crippen molar-refractivity contribution in [1.29, 1.82) is 0 Å². The molecule has 1 aromatic rings. The molecule has 2 heterocycles. The fourth-order valence-corrected chi connectivity index (χ4v) is 2.98. The van der Waals surface area contributed by atoms with Crippen molar-refractivity contribution in [1.82, 2.24) is 4.90 Å². The maximum Gasteiger partial charge on any atom is 0.0645 e.